The van der Waals surface area contributed by atoms with Gasteiger partial charge in [-0.15, -0.1) is 22.7 Å². The van der Waals surface area contributed by atoms with Crippen LogP contribution in [0.5, 0.6) is 0 Å². The Balaban J connectivity index is 1.18. The van der Waals surface area contributed by atoms with Crippen molar-refractivity contribution >= 4 is 60.6 Å². The minimum absolute atomic E-state index is 0.759. The summed E-state index contributed by atoms with van der Waals surface area (Å²) in [4.78, 5) is 8.77. The molecule has 0 aliphatic carbocycles. The van der Waals surface area contributed by atoms with Gasteiger partial charge in [-0.1, -0.05) is 72.8 Å². The molecule has 0 spiro atoms. The third-order valence-electron chi connectivity index (χ3n) is 7.29. The first kappa shape index (κ1) is 22.3. The van der Waals surface area contributed by atoms with Crippen LogP contribution >= 0.6 is 22.7 Å². The van der Waals surface area contributed by atoms with E-state index < -0.39 is 0 Å². The Hall–Kier alpha value is -4.65. The molecule has 4 aromatic carbocycles. The molecule has 8 rings (SSSR count). The largest absolute Gasteiger partial charge is 0.288 e. The first-order valence-corrected chi connectivity index (χ1v) is 14.5. The Morgan fingerprint density at radius 1 is 0.667 bits per heavy atom. The zero-order valence-corrected chi connectivity index (χ0v) is 22.3. The number of hydrogen-bond acceptors (Lipinski definition) is 6. The number of fused-ring (bicyclic) bond motifs is 3. The highest BCUT2D eigenvalue weighted by Crippen LogP contribution is 2.43. The molecule has 0 fully saturated rings. The average Bonchev–Trinajstić information content (AvgIpc) is 3.77. The van der Waals surface area contributed by atoms with Crippen LogP contribution in [0, 0.1) is 0 Å². The van der Waals surface area contributed by atoms with E-state index in [0.29, 0.717) is 0 Å². The molecule has 2 aliphatic rings. The van der Waals surface area contributed by atoms with Gasteiger partial charge >= 0.3 is 0 Å². The normalized spacial score (nSPS) is 14.5. The maximum atomic E-state index is 5.46. The molecule has 0 radical (unpaired) electrons. The maximum Gasteiger partial charge on any atom is 0.207 e. The van der Waals surface area contributed by atoms with E-state index in [1.807, 2.05) is 0 Å². The third-order valence-corrected chi connectivity index (χ3v) is 9.15. The van der Waals surface area contributed by atoms with Crippen LogP contribution in [-0.4, -0.2) is 5.84 Å². The van der Waals surface area contributed by atoms with Gasteiger partial charge in [0.2, 0.25) is 5.84 Å². The lowest BCUT2D eigenvalue weighted by Gasteiger charge is -2.24. The fourth-order valence-corrected chi connectivity index (χ4v) is 7.22. The van der Waals surface area contributed by atoms with Gasteiger partial charge in [-0.2, -0.15) is 5.48 Å². The van der Waals surface area contributed by atoms with E-state index in [1.165, 1.54) is 48.7 Å². The van der Waals surface area contributed by atoms with E-state index in [-0.39, 0.29) is 0 Å². The lowest BCUT2D eigenvalue weighted by Crippen LogP contribution is -2.30. The summed E-state index contributed by atoms with van der Waals surface area (Å²) in [5.74, 6) is 0.759. The molecule has 6 aromatic rings. The van der Waals surface area contributed by atoms with Gasteiger partial charge in [-0.05, 0) is 78.9 Å². The number of oxime groups is 1. The minimum Gasteiger partial charge on any atom is -0.288 e. The van der Waals surface area contributed by atoms with Crippen molar-refractivity contribution in [1.82, 2.24) is 5.48 Å². The molecule has 1 N–H and O–H groups in total. The van der Waals surface area contributed by atoms with Crippen LogP contribution in [0.3, 0.4) is 0 Å². The maximum absolute atomic E-state index is 5.46. The van der Waals surface area contributed by atoms with Crippen LogP contribution in [0.4, 0.5) is 5.00 Å². The molecule has 2 aliphatic heterocycles. The van der Waals surface area contributed by atoms with Gasteiger partial charge in [-0.3, -0.25) is 9.84 Å². The van der Waals surface area contributed by atoms with Crippen LogP contribution in [-0.2, 0) is 4.94 Å². The van der Waals surface area contributed by atoms with Crippen LogP contribution in [0.15, 0.2) is 131 Å². The number of anilines is 1. The molecule has 0 unspecified atom stereocenters. The summed E-state index contributed by atoms with van der Waals surface area (Å²) in [5, 5.41) is 14.7. The lowest BCUT2D eigenvalue weighted by atomic mass is 9.97. The third kappa shape index (κ3) is 3.68. The second kappa shape index (κ2) is 8.98. The molecule has 0 saturated heterocycles. The number of amidine groups is 1. The zero-order valence-electron chi connectivity index (χ0n) is 20.7. The number of nitrogens with one attached hydrogen (secondary N) is 1. The predicted octanol–water partition coefficient (Wildman–Crippen LogP) is 9.04. The summed E-state index contributed by atoms with van der Waals surface area (Å²) >= 11 is 3.43. The highest BCUT2D eigenvalue weighted by molar-refractivity contribution is 7.15. The molecule has 0 saturated carbocycles. The monoisotopic (exact) mass is 539 g/mol. The van der Waals surface area contributed by atoms with Gasteiger partial charge in [0.1, 0.15) is 10.7 Å². The zero-order chi connectivity index (χ0) is 25.8. The molecule has 4 nitrogen and oxygen atoms in total. The summed E-state index contributed by atoms with van der Waals surface area (Å²) in [6.07, 6.45) is 4.27. The number of hydrogen-bond donors (Lipinski definition) is 1. The number of benzene rings is 4. The van der Waals surface area contributed by atoms with E-state index in [2.05, 4.69) is 136 Å². The van der Waals surface area contributed by atoms with Crippen molar-refractivity contribution in [2.24, 2.45) is 5.16 Å². The van der Waals surface area contributed by atoms with Gasteiger partial charge in [0, 0.05) is 27.8 Å². The molecule has 0 bridgehead atoms. The second-order valence-corrected chi connectivity index (χ2v) is 11.3. The van der Waals surface area contributed by atoms with Crippen molar-refractivity contribution in [2.45, 2.75) is 0 Å². The molecule has 2 aromatic heterocycles. The van der Waals surface area contributed by atoms with E-state index in [1.54, 1.807) is 22.7 Å². The molecule has 0 atom stereocenters. The number of nitrogens with zero attached hydrogens (tertiary/aromatic N) is 2. The van der Waals surface area contributed by atoms with Crippen LogP contribution in [0.2, 0.25) is 0 Å². The summed E-state index contributed by atoms with van der Waals surface area (Å²) < 4.78 is 0. The second-order valence-electron chi connectivity index (χ2n) is 9.51. The fourth-order valence-electron chi connectivity index (χ4n) is 5.37. The number of allylic oxidation sites excluding steroid dienone is 2. The highest BCUT2D eigenvalue weighted by Gasteiger charge is 2.32. The molecule has 4 heterocycles. The lowest BCUT2D eigenvalue weighted by molar-refractivity contribution is 0.0909. The Bertz CT molecular complexity index is 1990. The van der Waals surface area contributed by atoms with Gasteiger partial charge < -0.3 is 0 Å². The van der Waals surface area contributed by atoms with E-state index in [4.69, 9.17) is 4.94 Å². The Morgan fingerprint density at radius 3 is 2.05 bits per heavy atom. The van der Waals surface area contributed by atoms with E-state index in [9.17, 15) is 0 Å². The van der Waals surface area contributed by atoms with Crippen molar-refractivity contribution < 1.29 is 4.94 Å². The molecular formula is C33H21N3OS2. The topological polar surface area (TPSA) is 36.9 Å². The van der Waals surface area contributed by atoms with E-state index >= 15 is 0 Å². The number of hydroxylamine groups is 1. The van der Waals surface area contributed by atoms with Crippen molar-refractivity contribution in [3.8, 4) is 22.3 Å². The van der Waals surface area contributed by atoms with Crippen LogP contribution < -0.4 is 10.4 Å². The first-order valence-electron chi connectivity index (χ1n) is 12.7. The summed E-state index contributed by atoms with van der Waals surface area (Å²) in [5.41, 5.74) is 9.77. The number of thiophene rings is 2. The average molecular weight is 540 g/mol. The van der Waals surface area contributed by atoms with Gasteiger partial charge in [0.05, 0.1) is 0 Å². The van der Waals surface area contributed by atoms with Crippen molar-refractivity contribution in [2.75, 3.05) is 4.90 Å². The van der Waals surface area contributed by atoms with Gasteiger partial charge in [-0.25, -0.2) is 0 Å². The molecule has 39 heavy (non-hydrogen) atoms. The quantitative estimate of drug-likeness (QED) is 0.243. The first-order chi connectivity index (χ1) is 19.3. The van der Waals surface area contributed by atoms with Crippen molar-refractivity contribution in [3.05, 3.63) is 131 Å². The summed E-state index contributed by atoms with van der Waals surface area (Å²) in [6.45, 7) is 0. The fraction of sp³-hybridized carbons (Fsp3) is 0. The standard InChI is InChI=1S/C33H21N3OS2/c1-3-7-23-19-25(11-9-21(23)5-1)27-14-17-38-31(27)29-13-16-36(32-30(29)34-37-35-32)33-28(15-18-39-33)26-12-10-22-6-2-4-8-24(22)20-26/h1-20,34H. The Labute approximate surface area is 233 Å². The van der Waals surface area contributed by atoms with Gasteiger partial charge in [0.25, 0.3) is 0 Å². The smallest absolute Gasteiger partial charge is 0.207 e. The molecular weight excluding hydrogens is 519 g/mol. The Morgan fingerprint density at radius 2 is 1.31 bits per heavy atom. The van der Waals surface area contributed by atoms with E-state index in [0.717, 1.165) is 22.1 Å². The number of rotatable bonds is 4. The SMILES string of the molecule is C1=CN(c2sccc2-c2ccc3ccccc3c2)C2=NONC2=C1c1sccc1-c1ccc2ccccc2c1. The van der Waals surface area contributed by atoms with Crippen molar-refractivity contribution in [1.29, 1.82) is 0 Å². The minimum atomic E-state index is 0.759. The van der Waals surface area contributed by atoms with Crippen LogP contribution in [0.25, 0.3) is 49.4 Å². The highest BCUT2D eigenvalue weighted by atomic mass is 32.1. The summed E-state index contributed by atoms with van der Waals surface area (Å²) in [6, 6.07) is 34.6. The molecule has 186 valence electrons. The predicted molar refractivity (Wildman–Crippen MR) is 165 cm³/mol. The molecule has 6 heteroatoms. The van der Waals surface area contributed by atoms with Gasteiger partial charge in [0.15, 0.2) is 0 Å². The summed E-state index contributed by atoms with van der Waals surface area (Å²) in [7, 11) is 0. The molecule has 0 amide bonds. The van der Waals surface area contributed by atoms with Crippen molar-refractivity contribution in [3.63, 3.8) is 0 Å². The van der Waals surface area contributed by atoms with Crippen LogP contribution in [0.1, 0.15) is 4.88 Å². The Kier molecular flexibility index (Phi) is 5.14.